The highest BCUT2D eigenvalue weighted by Crippen LogP contribution is 2.66. The Morgan fingerprint density at radius 1 is 0.812 bits per heavy atom. The van der Waals surface area contributed by atoms with Crippen LogP contribution in [0.15, 0.2) is 0 Å². The van der Waals surface area contributed by atoms with E-state index in [1.54, 1.807) is 20.8 Å². The zero-order valence-corrected chi connectivity index (χ0v) is 9.26. The lowest BCUT2D eigenvalue weighted by atomic mass is 9.54. The van der Waals surface area contributed by atoms with Crippen LogP contribution in [0.2, 0.25) is 0 Å². The van der Waals surface area contributed by atoms with Gasteiger partial charge in [-0.2, -0.15) is 26.3 Å². The van der Waals surface area contributed by atoms with Crippen molar-refractivity contribution in [3.05, 3.63) is 0 Å². The fraction of sp³-hybridized carbons (Fsp3) is 1.00. The fourth-order valence-corrected chi connectivity index (χ4v) is 2.02. The molecular weight excluding hydrogens is 234 g/mol. The van der Waals surface area contributed by atoms with Gasteiger partial charge >= 0.3 is 12.4 Å². The topological polar surface area (TPSA) is 0 Å². The molecule has 1 fully saturated rings. The molecule has 1 saturated carbocycles. The molecule has 16 heavy (non-hydrogen) atoms. The molecule has 0 aromatic heterocycles. The molecule has 0 aromatic rings. The van der Waals surface area contributed by atoms with Gasteiger partial charge in [-0.05, 0) is 24.2 Å². The van der Waals surface area contributed by atoms with Crippen molar-refractivity contribution in [2.75, 3.05) is 0 Å². The molecule has 0 heterocycles. The van der Waals surface area contributed by atoms with E-state index in [-0.39, 0.29) is 0 Å². The van der Waals surface area contributed by atoms with Crippen LogP contribution in [0.5, 0.6) is 0 Å². The Kier molecular flexibility index (Phi) is 2.81. The Hall–Kier alpha value is -0.420. The van der Waals surface area contributed by atoms with E-state index < -0.39 is 41.9 Å². The summed E-state index contributed by atoms with van der Waals surface area (Å²) in [6.07, 6.45) is -12.1. The highest BCUT2D eigenvalue weighted by Gasteiger charge is 2.76. The van der Waals surface area contributed by atoms with Crippen LogP contribution >= 0.6 is 0 Å². The average Bonchev–Trinajstić information content (AvgIpc) is 1.69. The zero-order valence-electron chi connectivity index (χ0n) is 9.26. The third-order valence-corrected chi connectivity index (χ3v) is 3.50. The second kappa shape index (κ2) is 3.29. The third-order valence-electron chi connectivity index (χ3n) is 3.50. The first kappa shape index (κ1) is 13.6. The van der Waals surface area contributed by atoms with Gasteiger partial charge in [-0.3, -0.25) is 0 Å². The summed E-state index contributed by atoms with van der Waals surface area (Å²) in [7, 11) is 0. The van der Waals surface area contributed by atoms with Crippen molar-refractivity contribution in [1.29, 1.82) is 0 Å². The van der Waals surface area contributed by atoms with Crippen molar-refractivity contribution >= 4 is 0 Å². The lowest BCUT2D eigenvalue weighted by molar-refractivity contribution is -0.381. The number of hydrogen-bond donors (Lipinski definition) is 0. The molecule has 0 nitrogen and oxygen atoms in total. The first-order valence-corrected chi connectivity index (χ1v) is 4.95. The Morgan fingerprint density at radius 3 is 1.31 bits per heavy atom. The molecule has 1 rings (SSSR count). The number of rotatable bonds is 0. The van der Waals surface area contributed by atoms with E-state index in [1.807, 2.05) is 0 Å². The predicted molar refractivity (Wildman–Crippen MR) is 46.7 cm³/mol. The largest absolute Gasteiger partial charge is 0.403 e. The lowest BCUT2D eigenvalue weighted by Gasteiger charge is -2.53. The van der Waals surface area contributed by atoms with Gasteiger partial charge in [0.25, 0.3) is 0 Å². The summed E-state index contributed by atoms with van der Waals surface area (Å²) in [4.78, 5) is 0. The van der Waals surface area contributed by atoms with Gasteiger partial charge in [0.2, 0.25) is 0 Å². The molecule has 0 unspecified atom stereocenters. The normalized spacial score (nSPS) is 23.1. The van der Waals surface area contributed by atoms with Crippen LogP contribution in [0.25, 0.3) is 0 Å². The van der Waals surface area contributed by atoms with Gasteiger partial charge in [0.05, 0.1) is 0 Å². The first-order valence-electron chi connectivity index (χ1n) is 4.95. The van der Waals surface area contributed by atoms with Gasteiger partial charge in [-0.15, -0.1) is 0 Å². The van der Waals surface area contributed by atoms with Gasteiger partial charge in [-0.25, -0.2) is 0 Å². The zero-order chi connectivity index (χ0) is 13.0. The SMILES string of the molecule is CC(C)(C)C1CC(C(F)(F)F)(C(F)(F)F)C1. The molecule has 0 radical (unpaired) electrons. The maximum atomic E-state index is 12.5. The van der Waals surface area contributed by atoms with Crippen LogP contribution in [0, 0.1) is 16.7 Å². The van der Waals surface area contributed by atoms with Crippen molar-refractivity contribution in [2.24, 2.45) is 16.7 Å². The maximum Gasteiger partial charge on any atom is 0.403 e. The molecule has 1 aliphatic rings. The van der Waals surface area contributed by atoms with Crippen molar-refractivity contribution in [1.82, 2.24) is 0 Å². The van der Waals surface area contributed by atoms with Crippen LogP contribution in [0.3, 0.4) is 0 Å². The second-order valence-corrected chi connectivity index (χ2v) is 5.55. The van der Waals surface area contributed by atoms with E-state index in [4.69, 9.17) is 0 Å². The maximum absolute atomic E-state index is 12.5. The molecule has 1 aliphatic carbocycles. The van der Waals surface area contributed by atoms with Crippen LogP contribution in [-0.2, 0) is 0 Å². The highest BCUT2D eigenvalue weighted by atomic mass is 19.4. The molecule has 0 atom stereocenters. The van der Waals surface area contributed by atoms with Crippen LogP contribution in [-0.4, -0.2) is 12.4 Å². The predicted octanol–water partition coefficient (Wildman–Crippen LogP) is 4.55. The van der Waals surface area contributed by atoms with E-state index in [0.29, 0.717) is 0 Å². The lowest BCUT2D eigenvalue weighted by Crippen LogP contribution is -2.60. The quantitative estimate of drug-likeness (QED) is 0.551. The molecule has 0 spiro atoms. The van der Waals surface area contributed by atoms with Crippen molar-refractivity contribution in [3.63, 3.8) is 0 Å². The average molecular weight is 248 g/mol. The molecule has 6 heteroatoms. The van der Waals surface area contributed by atoms with E-state index >= 15 is 0 Å². The fourth-order valence-electron chi connectivity index (χ4n) is 2.02. The van der Waals surface area contributed by atoms with E-state index in [0.717, 1.165) is 0 Å². The summed E-state index contributed by atoms with van der Waals surface area (Å²) >= 11 is 0. The van der Waals surface area contributed by atoms with Crippen molar-refractivity contribution < 1.29 is 26.3 Å². The van der Waals surface area contributed by atoms with E-state index in [2.05, 4.69) is 0 Å². The minimum atomic E-state index is -5.20. The summed E-state index contributed by atoms with van der Waals surface area (Å²) < 4.78 is 75.0. The highest BCUT2D eigenvalue weighted by molar-refractivity contribution is 5.06. The summed E-state index contributed by atoms with van der Waals surface area (Å²) in [5, 5.41) is 0. The van der Waals surface area contributed by atoms with Gasteiger partial charge < -0.3 is 0 Å². The van der Waals surface area contributed by atoms with Crippen LogP contribution in [0.4, 0.5) is 26.3 Å². The van der Waals surface area contributed by atoms with E-state index in [9.17, 15) is 26.3 Å². The standard InChI is InChI=1S/C10H14F6/c1-7(2,3)6-4-8(5-6,9(11,12)13)10(14,15)16/h6H,4-5H2,1-3H3. The Labute approximate surface area is 90.0 Å². The Bertz CT molecular complexity index is 245. The van der Waals surface area contributed by atoms with Crippen LogP contribution < -0.4 is 0 Å². The minimum absolute atomic E-state index is 0.514. The third kappa shape index (κ3) is 1.91. The molecule has 0 aliphatic heterocycles. The summed E-state index contributed by atoms with van der Waals surface area (Å²) in [5.41, 5.74) is -3.99. The summed E-state index contributed by atoms with van der Waals surface area (Å²) in [6, 6.07) is 0. The number of halogens is 6. The Balaban J connectivity index is 2.92. The summed E-state index contributed by atoms with van der Waals surface area (Å²) in [6.45, 7) is 4.98. The molecule has 0 aromatic carbocycles. The molecule has 0 N–H and O–H groups in total. The second-order valence-electron chi connectivity index (χ2n) is 5.55. The minimum Gasteiger partial charge on any atom is -0.170 e. The molecular formula is C10H14F6. The molecule has 96 valence electrons. The van der Waals surface area contributed by atoms with Gasteiger partial charge in [0.15, 0.2) is 5.41 Å². The first-order chi connectivity index (χ1) is 6.81. The van der Waals surface area contributed by atoms with E-state index in [1.165, 1.54) is 0 Å². The number of alkyl halides is 6. The number of hydrogen-bond acceptors (Lipinski definition) is 0. The summed E-state index contributed by atoms with van der Waals surface area (Å²) in [5.74, 6) is -0.532. The molecule has 0 bridgehead atoms. The molecule has 0 saturated heterocycles. The van der Waals surface area contributed by atoms with Gasteiger partial charge in [0, 0.05) is 0 Å². The van der Waals surface area contributed by atoms with Gasteiger partial charge in [0.1, 0.15) is 0 Å². The van der Waals surface area contributed by atoms with Gasteiger partial charge in [-0.1, -0.05) is 20.8 Å². The van der Waals surface area contributed by atoms with Crippen LogP contribution in [0.1, 0.15) is 33.6 Å². The smallest absolute Gasteiger partial charge is 0.170 e. The van der Waals surface area contributed by atoms with Crippen molar-refractivity contribution in [3.8, 4) is 0 Å². The monoisotopic (exact) mass is 248 g/mol. The van der Waals surface area contributed by atoms with Crippen molar-refractivity contribution in [2.45, 2.75) is 46.0 Å². The molecule has 0 amide bonds. The Morgan fingerprint density at radius 2 is 1.12 bits per heavy atom.